The van der Waals surface area contributed by atoms with E-state index >= 15 is 0 Å². The van der Waals surface area contributed by atoms with Crippen LogP contribution in [-0.2, 0) is 16.0 Å². The van der Waals surface area contributed by atoms with Gasteiger partial charge in [0.2, 0.25) is 11.8 Å². The summed E-state index contributed by atoms with van der Waals surface area (Å²) in [5, 5.41) is 0. The molecule has 1 aromatic rings. The summed E-state index contributed by atoms with van der Waals surface area (Å²) in [4.78, 5) is 29.3. The highest BCUT2D eigenvalue weighted by Crippen LogP contribution is 2.23. The predicted octanol–water partition coefficient (Wildman–Crippen LogP) is 1.66. The maximum atomic E-state index is 12.8. The molecule has 0 spiro atoms. The van der Waals surface area contributed by atoms with E-state index in [2.05, 4.69) is 0 Å². The van der Waals surface area contributed by atoms with E-state index in [0.717, 1.165) is 50.9 Å². The molecule has 0 aliphatic carbocycles. The van der Waals surface area contributed by atoms with Crippen molar-refractivity contribution in [2.45, 2.75) is 32.1 Å². The highest BCUT2D eigenvalue weighted by molar-refractivity contribution is 5.82. The molecule has 5 nitrogen and oxygen atoms in total. The van der Waals surface area contributed by atoms with Crippen LogP contribution in [0.15, 0.2) is 30.3 Å². The molecule has 0 aromatic heterocycles. The Labute approximate surface area is 150 Å². The lowest BCUT2D eigenvalue weighted by Gasteiger charge is -2.37. The number of amides is 2. The number of likely N-dealkylation sites (tertiary alicyclic amines) is 2. The largest absolute Gasteiger partial charge is 0.342 e. The van der Waals surface area contributed by atoms with Crippen LogP contribution >= 0.6 is 0 Å². The minimum absolute atomic E-state index is 0.0390. The minimum atomic E-state index is -0.0390. The average Bonchev–Trinajstić information content (AvgIpc) is 2.68. The van der Waals surface area contributed by atoms with E-state index in [-0.39, 0.29) is 17.7 Å². The number of hydrogen-bond acceptors (Lipinski definition) is 3. The number of rotatable bonds is 4. The first kappa shape index (κ1) is 17.9. The van der Waals surface area contributed by atoms with E-state index in [0.29, 0.717) is 25.4 Å². The molecule has 1 unspecified atom stereocenters. The van der Waals surface area contributed by atoms with Crippen LogP contribution in [0.4, 0.5) is 0 Å². The van der Waals surface area contributed by atoms with Crippen LogP contribution in [0.25, 0.3) is 0 Å². The molecule has 2 saturated heterocycles. The Balaban J connectivity index is 1.54. The molecule has 3 rings (SSSR count). The van der Waals surface area contributed by atoms with Gasteiger partial charge in [0, 0.05) is 26.2 Å². The normalized spacial score (nSPS) is 22.0. The van der Waals surface area contributed by atoms with Crippen molar-refractivity contribution in [3.05, 3.63) is 35.9 Å². The summed E-state index contributed by atoms with van der Waals surface area (Å²) >= 11 is 0. The molecule has 2 aliphatic heterocycles. The Kier molecular flexibility index (Phi) is 6.08. The van der Waals surface area contributed by atoms with Gasteiger partial charge in [-0.25, -0.2) is 0 Å². The van der Waals surface area contributed by atoms with Gasteiger partial charge in [-0.05, 0) is 43.7 Å². The van der Waals surface area contributed by atoms with Gasteiger partial charge in [-0.3, -0.25) is 9.59 Å². The summed E-state index contributed by atoms with van der Waals surface area (Å²) in [6, 6.07) is 9.82. The van der Waals surface area contributed by atoms with Crippen molar-refractivity contribution in [2.75, 3.05) is 32.7 Å². The standard InChI is InChI=1S/C20H29N3O2/c21-14-17-8-11-22(12-9-17)20(25)18-7-4-10-23(15-18)19(24)13-16-5-2-1-3-6-16/h1-3,5-6,17-18H,4,7-15,21H2. The second-order valence-corrected chi connectivity index (χ2v) is 7.35. The Morgan fingerprint density at radius 2 is 1.72 bits per heavy atom. The highest BCUT2D eigenvalue weighted by atomic mass is 16.2. The van der Waals surface area contributed by atoms with Crippen molar-refractivity contribution < 1.29 is 9.59 Å². The van der Waals surface area contributed by atoms with Gasteiger partial charge in [-0.2, -0.15) is 0 Å². The lowest BCUT2D eigenvalue weighted by atomic mass is 9.92. The molecule has 2 amide bonds. The van der Waals surface area contributed by atoms with E-state index < -0.39 is 0 Å². The summed E-state index contributed by atoms with van der Waals surface area (Å²) in [5.74, 6) is 0.875. The molecule has 2 fully saturated rings. The third-order valence-corrected chi connectivity index (χ3v) is 5.58. The molecule has 2 aliphatic rings. The van der Waals surface area contributed by atoms with Crippen molar-refractivity contribution in [2.24, 2.45) is 17.6 Å². The van der Waals surface area contributed by atoms with Crippen LogP contribution in [0.3, 0.4) is 0 Å². The molecule has 2 heterocycles. The molecule has 0 saturated carbocycles. The van der Waals surface area contributed by atoms with Crippen LogP contribution in [0.2, 0.25) is 0 Å². The molecule has 0 bridgehead atoms. The smallest absolute Gasteiger partial charge is 0.227 e. The molecular formula is C20H29N3O2. The first-order chi connectivity index (χ1) is 12.2. The van der Waals surface area contributed by atoms with Gasteiger partial charge < -0.3 is 15.5 Å². The first-order valence-electron chi connectivity index (χ1n) is 9.48. The molecule has 1 atom stereocenters. The van der Waals surface area contributed by atoms with Crippen molar-refractivity contribution in [3.63, 3.8) is 0 Å². The van der Waals surface area contributed by atoms with Crippen molar-refractivity contribution in [1.82, 2.24) is 9.80 Å². The third-order valence-electron chi connectivity index (χ3n) is 5.58. The summed E-state index contributed by atoms with van der Waals surface area (Å²) in [6.07, 6.45) is 4.24. The van der Waals surface area contributed by atoms with Gasteiger partial charge in [-0.1, -0.05) is 30.3 Å². The van der Waals surface area contributed by atoms with E-state index in [9.17, 15) is 9.59 Å². The molecule has 1 aromatic carbocycles. The highest BCUT2D eigenvalue weighted by Gasteiger charge is 2.32. The number of piperidine rings is 2. The lowest BCUT2D eigenvalue weighted by molar-refractivity contribution is -0.141. The summed E-state index contributed by atoms with van der Waals surface area (Å²) in [6.45, 7) is 3.68. The summed E-state index contributed by atoms with van der Waals surface area (Å²) < 4.78 is 0. The van der Waals surface area contributed by atoms with Crippen molar-refractivity contribution >= 4 is 11.8 Å². The zero-order valence-electron chi connectivity index (χ0n) is 14.9. The average molecular weight is 343 g/mol. The van der Waals surface area contributed by atoms with Crippen molar-refractivity contribution in [1.29, 1.82) is 0 Å². The molecular weight excluding hydrogens is 314 g/mol. The molecule has 136 valence electrons. The fourth-order valence-electron chi connectivity index (χ4n) is 3.93. The van der Waals surface area contributed by atoms with Gasteiger partial charge in [0.15, 0.2) is 0 Å². The van der Waals surface area contributed by atoms with Crippen molar-refractivity contribution in [3.8, 4) is 0 Å². The van der Waals surface area contributed by atoms with Gasteiger partial charge >= 0.3 is 0 Å². The fraction of sp³-hybridized carbons (Fsp3) is 0.600. The van der Waals surface area contributed by atoms with E-state index in [4.69, 9.17) is 5.73 Å². The Hall–Kier alpha value is -1.88. The second-order valence-electron chi connectivity index (χ2n) is 7.35. The maximum absolute atomic E-state index is 12.8. The third kappa shape index (κ3) is 4.60. The lowest BCUT2D eigenvalue weighted by Crippen LogP contribution is -2.49. The summed E-state index contributed by atoms with van der Waals surface area (Å²) in [5.41, 5.74) is 6.77. The molecule has 25 heavy (non-hydrogen) atoms. The van der Waals surface area contributed by atoms with Crippen LogP contribution in [0, 0.1) is 11.8 Å². The first-order valence-corrected chi connectivity index (χ1v) is 9.48. The van der Waals surface area contributed by atoms with E-state index in [1.54, 1.807) is 0 Å². The second kappa shape index (κ2) is 8.48. The number of nitrogens with two attached hydrogens (primary N) is 1. The van der Waals surface area contributed by atoms with E-state index in [1.165, 1.54) is 0 Å². The Bertz CT molecular complexity index is 582. The van der Waals surface area contributed by atoms with Gasteiger partial charge in [-0.15, -0.1) is 0 Å². The quantitative estimate of drug-likeness (QED) is 0.904. The van der Waals surface area contributed by atoms with Crippen LogP contribution < -0.4 is 5.73 Å². The van der Waals surface area contributed by atoms with Crippen LogP contribution in [0.5, 0.6) is 0 Å². The van der Waals surface area contributed by atoms with Gasteiger partial charge in [0.25, 0.3) is 0 Å². The minimum Gasteiger partial charge on any atom is -0.342 e. The SMILES string of the molecule is NCC1CCN(C(=O)C2CCCN(C(=O)Cc3ccccc3)C2)CC1. The van der Waals surface area contributed by atoms with Crippen LogP contribution in [0.1, 0.15) is 31.2 Å². The number of hydrogen-bond donors (Lipinski definition) is 1. The Morgan fingerprint density at radius 3 is 2.40 bits per heavy atom. The zero-order valence-corrected chi connectivity index (χ0v) is 14.9. The number of nitrogens with zero attached hydrogens (tertiary/aromatic N) is 2. The zero-order chi connectivity index (χ0) is 17.6. The number of carbonyl (C=O) groups excluding carboxylic acids is 2. The van der Waals surface area contributed by atoms with Crippen LogP contribution in [-0.4, -0.2) is 54.3 Å². The maximum Gasteiger partial charge on any atom is 0.227 e. The molecule has 2 N–H and O–H groups in total. The predicted molar refractivity (Wildman–Crippen MR) is 97.8 cm³/mol. The summed E-state index contributed by atoms with van der Waals surface area (Å²) in [7, 11) is 0. The van der Waals surface area contributed by atoms with Gasteiger partial charge in [0.05, 0.1) is 12.3 Å². The Morgan fingerprint density at radius 1 is 1.00 bits per heavy atom. The topological polar surface area (TPSA) is 66.6 Å². The number of benzene rings is 1. The molecule has 0 radical (unpaired) electrons. The van der Waals surface area contributed by atoms with Gasteiger partial charge in [0.1, 0.15) is 0 Å². The fourth-order valence-corrected chi connectivity index (χ4v) is 3.93. The molecule has 5 heteroatoms. The monoisotopic (exact) mass is 343 g/mol. The van der Waals surface area contributed by atoms with E-state index in [1.807, 2.05) is 40.1 Å². The number of carbonyl (C=O) groups is 2.